The molecule has 0 fully saturated rings. The summed E-state index contributed by atoms with van der Waals surface area (Å²) in [7, 11) is 0. The summed E-state index contributed by atoms with van der Waals surface area (Å²) in [6.07, 6.45) is 0. The van der Waals surface area contributed by atoms with Gasteiger partial charge in [0, 0.05) is 21.1 Å². The van der Waals surface area contributed by atoms with Crippen LogP contribution in [0.2, 0.25) is 0 Å². The van der Waals surface area contributed by atoms with E-state index >= 15 is 0 Å². The molecular weight excluding hydrogens is 342 g/mol. The topological polar surface area (TPSA) is 73.5 Å². The summed E-state index contributed by atoms with van der Waals surface area (Å²) >= 11 is 0. The van der Waals surface area contributed by atoms with E-state index in [0.29, 0.717) is 0 Å². The van der Waals surface area contributed by atoms with Crippen LogP contribution in [0.4, 0.5) is 0 Å². The molecule has 0 aromatic heterocycles. The van der Waals surface area contributed by atoms with Crippen LogP contribution in [0.15, 0.2) is 30.3 Å². The van der Waals surface area contributed by atoms with Crippen molar-refractivity contribution in [3.63, 3.8) is 0 Å². The molecular formula is C8H11NO3W-4. The molecule has 0 unspecified atom stereocenters. The molecule has 0 amide bonds. The summed E-state index contributed by atoms with van der Waals surface area (Å²) in [5, 5.41) is 0. The van der Waals surface area contributed by atoms with Crippen LogP contribution in [-0.2, 0) is 30.7 Å². The number of hydrogen-bond acceptors (Lipinski definition) is 3. The molecule has 0 aliphatic carbocycles. The molecule has 0 heterocycles. The Balaban J connectivity index is -0.0000000239. The van der Waals surface area contributed by atoms with Crippen LogP contribution in [0.25, 0.3) is 5.59 Å². The first-order valence-corrected chi connectivity index (χ1v) is 2.32. The van der Waals surface area contributed by atoms with E-state index in [1.165, 1.54) is 0 Å². The van der Waals surface area contributed by atoms with Crippen molar-refractivity contribution in [2.24, 2.45) is 0 Å². The maximum Gasteiger partial charge on any atom is 0 e. The van der Waals surface area contributed by atoms with Crippen molar-refractivity contribution in [2.75, 3.05) is 0 Å². The Labute approximate surface area is 92.7 Å². The summed E-state index contributed by atoms with van der Waals surface area (Å²) in [5.41, 5.74) is 5.75. The van der Waals surface area contributed by atoms with E-state index in [0.717, 1.165) is 0 Å². The fourth-order valence-electron chi connectivity index (χ4n) is 0.321. The van der Waals surface area contributed by atoms with Crippen molar-refractivity contribution < 1.29 is 30.7 Å². The molecule has 5 heteroatoms. The van der Waals surface area contributed by atoms with Crippen molar-refractivity contribution >= 4 is 13.6 Å². The molecule has 1 aromatic rings. The molecule has 1 rings (SSSR count). The molecule has 0 atom stereocenters. The molecule has 0 saturated carbocycles. The zero-order valence-electron chi connectivity index (χ0n) is 6.12. The van der Waals surface area contributed by atoms with E-state index < -0.39 is 0 Å². The van der Waals surface area contributed by atoms with Crippen LogP contribution >= 0.6 is 0 Å². The van der Waals surface area contributed by atoms with E-state index in [-0.39, 0.29) is 28.5 Å². The van der Waals surface area contributed by atoms with Gasteiger partial charge < -0.3 is 20.1 Å². The SMILES string of the molecule is C.[CH-]=O.[CH-]=O.[N-]=O.[W].c1cc[cH-]c1. The first-order chi connectivity index (χ1) is 5.50. The normalized spacial score (nSPS) is 4.00. The van der Waals surface area contributed by atoms with Crippen molar-refractivity contribution in [1.82, 2.24) is 0 Å². The molecule has 76 valence electrons. The van der Waals surface area contributed by atoms with Crippen LogP contribution in [-0.4, -0.2) is 13.6 Å². The third-order valence-electron chi connectivity index (χ3n) is 0.556. The minimum atomic E-state index is 0. The molecule has 0 N–H and O–H groups in total. The Morgan fingerprint density at radius 2 is 1.15 bits per heavy atom. The summed E-state index contributed by atoms with van der Waals surface area (Å²) < 4.78 is 0. The molecule has 1 aromatic carbocycles. The summed E-state index contributed by atoms with van der Waals surface area (Å²) in [6.45, 7) is 6.50. The third kappa shape index (κ3) is 55.9. The first-order valence-electron chi connectivity index (χ1n) is 2.32. The van der Waals surface area contributed by atoms with Crippen LogP contribution in [0.1, 0.15) is 7.43 Å². The van der Waals surface area contributed by atoms with Gasteiger partial charge in [-0.3, -0.25) is 13.6 Å². The molecule has 0 bridgehead atoms. The predicted molar refractivity (Wildman–Crippen MR) is 49.0 cm³/mol. The average Bonchev–Trinajstić information content (AvgIpc) is 2.71. The molecule has 0 spiro atoms. The standard InChI is InChI=1S/C5H5.2CHO.CH4.NO.W/c1-2-4-5-3-1;2*1-2;;1-2;/h1-5H;2*1H;1H4;;/q3*-1;;-1;. The number of hydrogen-bond donors (Lipinski definition) is 0. The van der Waals surface area contributed by atoms with E-state index in [4.69, 9.17) is 20.1 Å². The van der Waals surface area contributed by atoms with Crippen molar-refractivity contribution in [3.05, 3.63) is 40.8 Å². The molecule has 4 nitrogen and oxygen atoms in total. The Kier molecular flexibility index (Phi) is 157. The van der Waals surface area contributed by atoms with E-state index in [1.54, 1.807) is 0 Å². The van der Waals surface area contributed by atoms with Crippen LogP contribution in [0, 0.1) is 4.91 Å². The number of nitroso groups, excluding NO2 is 1. The molecule has 0 saturated heterocycles. The first kappa shape index (κ1) is 29.6. The second kappa shape index (κ2) is 69.1. The smallest absolute Gasteiger partial charge is 0 e. The van der Waals surface area contributed by atoms with Crippen LogP contribution in [0.5, 0.6) is 0 Å². The van der Waals surface area contributed by atoms with Crippen LogP contribution in [0.3, 0.4) is 0 Å². The van der Waals surface area contributed by atoms with Gasteiger partial charge in [-0.15, -0.1) is 0 Å². The van der Waals surface area contributed by atoms with E-state index in [1.807, 2.05) is 30.3 Å². The zero-order valence-corrected chi connectivity index (χ0v) is 9.06. The van der Waals surface area contributed by atoms with E-state index in [2.05, 4.69) is 13.6 Å². The summed E-state index contributed by atoms with van der Waals surface area (Å²) in [4.78, 5) is 22.8. The Hall–Kier alpha value is -1.02. The molecule has 0 aliphatic heterocycles. The average molecular weight is 353 g/mol. The number of nitrogens with zero attached hydrogens (tertiary/aromatic N) is 1. The monoisotopic (exact) mass is 353 g/mol. The predicted octanol–water partition coefficient (Wildman–Crippen LogP) is 1.81. The summed E-state index contributed by atoms with van der Waals surface area (Å²) in [6, 6.07) is 10.0. The second-order valence-corrected chi connectivity index (χ2v) is 0.962. The maximum absolute atomic E-state index is 7.75. The number of rotatable bonds is 0. The van der Waals surface area contributed by atoms with Crippen LogP contribution < -0.4 is 0 Å². The maximum atomic E-state index is 7.75. The molecule has 0 radical (unpaired) electrons. The van der Waals surface area contributed by atoms with Gasteiger partial charge in [-0.25, -0.2) is 12.1 Å². The summed E-state index contributed by atoms with van der Waals surface area (Å²) in [5.74, 6) is 0. The third-order valence-corrected chi connectivity index (χ3v) is 0.556. The van der Waals surface area contributed by atoms with Gasteiger partial charge in [0.1, 0.15) is 0 Å². The van der Waals surface area contributed by atoms with Crippen molar-refractivity contribution in [3.8, 4) is 0 Å². The quantitative estimate of drug-likeness (QED) is 0.528. The fourth-order valence-corrected chi connectivity index (χ4v) is 0.321. The fraction of sp³-hybridized carbons (Fsp3) is 0.125. The molecule has 0 aliphatic rings. The Morgan fingerprint density at radius 3 is 1.23 bits per heavy atom. The second-order valence-electron chi connectivity index (χ2n) is 0.962. The van der Waals surface area contributed by atoms with Gasteiger partial charge in [0.25, 0.3) is 0 Å². The van der Waals surface area contributed by atoms with Crippen molar-refractivity contribution in [1.29, 1.82) is 0 Å². The minimum Gasteiger partial charge on any atom is -0.577 e. The minimum absolute atomic E-state index is 0. The van der Waals surface area contributed by atoms with Gasteiger partial charge >= 0.3 is 0 Å². The van der Waals surface area contributed by atoms with Gasteiger partial charge in [-0.2, -0.15) is 18.2 Å². The van der Waals surface area contributed by atoms with Gasteiger partial charge in [-0.1, -0.05) is 7.43 Å². The van der Waals surface area contributed by atoms with Gasteiger partial charge in [-0.05, 0) is 0 Å². The van der Waals surface area contributed by atoms with Gasteiger partial charge in [0.2, 0.25) is 0 Å². The van der Waals surface area contributed by atoms with Gasteiger partial charge in [0.05, 0.1) is 0 Å². The number of carbonyl (C=O) groups excluding carboxylic acids is 2. The Bertz CT molecular complexity index is 103. The van der Waals surface area contributed by atoms with E-state index in [9.17, 15) is 0 Å². The van der Waals surface area contributed by atoms with Crippen molar-refractivity contribution in [2.45, 2.75) is 7.43 Å². The molecule has 13 heavy (non-hydrogen) atoms. The zero-order chi connectivity index (χ0) is 9.54. The largest absolute Gasteiger partial charge is 0.577 e. The van der Waals surface area contributed by atoms with Gasteiger partial charge in [0.15, 0.2) is 0 Å². The Morgan fingerprint density at radius 1 is 0.923 bits per heavy atom.